The van der Waals surface area contributed by atoms with Gasteiger partial charge in [0.05, 0.1) is 33.3 Å². The zero-order valence-corrected chi connectivity index (χ0v) is 16.9. The lowest BCUT2D eigenvalue weighted by molar-refractivity contribution is 0.0940. The Morgan fingerprint density at radius 3 is 2.64 bits per heavy atom. The first kappa shape index (κ1) is 18.3. The Morgan fingerprint density at radius 1 is 1.14 bits per heavy atom. The van der Waals surface area contributed by atoms with Crippen molar-refractivity contribution in [2.45, 2.75) is 33.7 Å². The normalized spacial score (nSPS) is 12.3. The van der Waals surface area contributed by atoms with Crippen molar-refractivity contribution in [1.82, 2.24) is 20.4 Å². The molecule has 0 aliphatic carbocycles. The van der Waals surface area contributed by atoms with Gasteiger partial charge in [0.2, 0.25) is 0 Å². The third-order valence-electron chi connectivity index (χ3n) is 4.64. The highest BCUT2D eigenvalue weighted by Gasteiger charge is 2.19. The molecule has 7 heteroatoms. The molecule has 3 aromatic heterocycles. The van der Waals surface area contributed by atoms with Crippen molar-refractivity contribution in [3.05, 3.63) is 63.9 Å². The van der Waals surface area contributed by atoms with Gasteiger partial charge < -0.3 is 9.84 Å². The van der Waals surface area contributed by atoms with Gasteiger partial charge in [-0.15, -0.1) is 11.3 Å². The first-order chi connectivity index (χ1) is 13.4. The Morgan fingerprint density at radius 2 is 1.89 bits per heavy atom. The van der Waals surface area contributed by atoms with Crippen LogP contribution in [-0.2, 0) is 0 Å². The molecule has 4 rings (SSSR count). The number of pyridine rings is 1. The smallest absolute Gasteiger partial charge is 0.257 e. The minimum Gasteiger partial charge on any atom is -0.345 e. The van der Waals surface area contributed by atoms with Crippen molar-refractivity contribution < 1.29 is 9.32 Å². The number of nitrogens with one attached hydrogen (secondary N) is 1. The molecule has 4 aromatic rings. The van der Waals surface area contributed by atoms with Crippen LogP contribution in [0.3, 0.4) is 0 Å². The van der Waals surface area contributed by atoms with Crippen LogP contribution in [0.4, 0.5) is 0 Å². The summed E-state index contributed by atoms with van der Waals surface area (Å²) >= 11 is 1.60. The number of fused-ring (bicyclic) bond motifs is 1. The second-order valence-electron chi connectivity index (χ2n) is 6.87. The number of amides is 1. The maximum atomic E-state index is 12.7. The number of aryl methyl sites for hydroxylation is 3. The van der Waals surface area contributed by atoms with E-state index in [4.69, 9.17) is 9.51 Å². The largest absolute Gasteiger partial charge is 0.345 e. The Bertz CT molecular complexity index is 1160. The fourth-order valence-electron chi connectivity index (χ4n) is 3.04. The highest BCUT2D eigenvalue weighted by molar-refractivity contribution is 7.15. The summed E-state index contributed by atoms with van der Waals surface area (Å²) in [6.07, 6.45) is 1.51. The predicted molar refractivity (Wildman–Crippen MR) is 109 cm³/mol. The monoisotopic (exact) mass is 392 g/mol. The zero-order valence-electron chi connectivity index (χ0n) is 16.1. The van der Waals surface area contributed by atoms with E-state index in [1.54, 1.807) is 17.4 Å². The van der Waals surface area contributed by atoms with Crippen molar-refractivity contribution in [2.75, 3.05) is 0 Å². The van der Waals surface area contributed by atoms with Crippen LogP contribution in [0.25, 0.3) is 21.7 Å². The average Bonchev–Trinajstić information content (AvgIpc) is 3.25. The number of rotatable bonds is 4. The van der Waals surface area contributed by atoms with Crippen LogP contribution in [0.1, 0.15) is 45.2 Å². The second kappa shape index (κ2) is 7.16. The van der Waals surface area contributed by atoms with Crippen molar-refractivity contribution >= 4 is 28.3 Å². The molecule has 0 saturated carbocycles. The molecule has 6 nitrogen and oxygen atoms in total. The van der Waals surface area contributed by atoms with E-state index >= 15 is 0 Å². The highest BCUT2D eigenvalue weighted by Crippen LogP contribution is 2.32. The number of carbonyl (C=O) groups is 1. The molecule has 0 fully saturated rings. The van der Waals surface area contributed by atoms with Crippen LogP contribution >= 0.6 is 11.3 Å². The summed E-state index contributed by atoms with van der Waals surface area (Å²) in [4.78, 5) is 22.6. The molecule has 1 atom stereocenters. The van der Waals surface area contributed by atoms with Gasteiger partial charge in [0.1, 0.15) is 5.01 Å². The summed E-state index contributed by atoms with van der Waals surface area (Å²) in [5.41, 5.74) is 4.85. The summed E-state index contributed by atoms with van der Waals surface area (Å²) in [6.45, 7) is 7.83. The van der Waals surface area contributed by atoms with E-state index in [0.717, 1.165) is 26.5 Å². The number of hydrogen-bond acceptors (Lipinski definition) is 6. The molecular formula is C21H20N4O2S. The molecule has 1 aromatic carbocycles. The van der Waals surface area contributed by atoms with Gasteiger partial charge in [-0.3, -0.25) is 4.79 Å². The van der Waals surface area contributed by atoms with E-state index in [9.17, 15) is 4.79 Å². The lowest BCUT2D eigenvalue weighted by Gasteiger charge is -2.12. The van der Waals surface area contributed by atoms with Gasteiger partial charge in [-0.2, -0.15) is 0 Å². The molecule has 1 amide bonds. The number of aromatic nitrogens is 3. The Balaban J connectivity index is 1.55. The van der Waals surface area contributed by atoms with E-state index in [1.165, 1.54) is 11.8 Å². The van der Waals surface area contributed by atoms with Crippen LogP contribution < -0.4 is 5.32 Å². The molecule has 0 saturated heterocycles. The number of carbonyl (C=O) groups excluding carboxylic acids is 1. The van der Waals surface area contributed by atoms with Crippen molar-refractivity contribution in [2.24, 2.45) is 0 Å². The molecule has 0 aliphatic rings. The fraction of sp³-hybridized carbons (Fsp3) is 0.238. The lowest BCUT2D eigenvalue weighted by atomic mass is 10.1. The van der Waals surface area contributed by atoms with Gasteiger partial charge >= 0.3 is 0 Å². The second-order valence-corrected chi connectivity index (χ2v) is 7.91. The van der Waals surface area contributed by atoms with Gasteiger partial charge in [-0.1, -0.05) is 35.0 Å². The van der Waals surface area contributed by atoms with Crippen molar-refractivity contribution in [3.8, 4) is 10.6 Å². The molecule has 28 heavy (non-hydrogen) atoms. The van der Waals surface area contributed by atoms with Gasteiger partial charge in [0.15, 0.2) is 0 Å². The average molecular weight is 392 g/mol. The van der Waals surface area contributed by atoms with Crippen LogP contribution in [0.5, 0.6) is 0 Å². The number of hydrogen-bond donors (Lipinski definition) is 1. The molecule has 0 unspecified atom stereocenters. The summed E-state index contributed by atoms with van der Waals surface area (Å²) in [6, 6.07) is 9.89. The first-order valence-corrected chi connectivity index (χ1v) is 9.81. The standard InChI is InChI=1S/C21H20N4O2S/c1-11-5-7-15(8-6-11)21-24-14(4)18(28-21)13(3)23-19(26)16-9-17-12(2)25-27-20(17)22-10-16/h5-10,13H,1-4H3,(H,23,26)/t13-/m0/s1. The molecule has 0 aliphatic heterocycles. The number of benzene rings is 1. The minimum absolute atomic E-state index is 0.163. The molecule has 0 radical (unpaired) electrons. The van der Waals surface area contributed by atoms with Crippen LogP contribution in [0.15, 0.2) is 41.1 Å². The Labute approximate surface area is 166 Å². The van der Waals surface area contributed by atoms with Crippen LogP contribution in [0, 0.1) is 20.8 Å². The SMILES string of the molecule is Cc1ccc(-c2nc(C)c([C@H](C)NC(=O)c3cnc4onc(C)c4c3)s2)cc1. The van der Waals surface area contributed by atoms with E-state index in [-0.39, 0.29) is 11.9 Å². The molecule has 1 N–H and O–H groups in total. The molecular weight excluding hydrogens is 372 g/mol. The maximum Gasteiger partial charge on any atom is 0.257 e. The number of thiazole rings is 1. The van der Waals surface area contributed by atoms with Crippen LogP contribution in [-0.4, -0.2) is 21.0 Å². The predicted octanol–water partition coefficient (Wildman–Crippen LogP) is 4.76. The van der Waals surface area contributed by atoms with Gasteiger partial charge in [-0.05, 0) is 33.8 Å². The zero-order chi connectivity index (χ0) is 19.8. The Kier molecular flexibility index (Phi) is 4.68. The fourth-order valence-corrected chi connectivity index (χ4v) is 4.12. The number of nitrogens with zero attached hydrogens (tertiary/aromatic N) is 3. The highest BCUT2D eigenvalue weighted by atomic mass is 32.1. The van der Waals surface area contributed by atoms with E-state index in [0.29, 0.717) is 17.0 Å². The molecule has 3 heterocycles. The van der Waals surface area contributed by atoms with Crippen molar-refractivity contribution in [3.63, 3.8) is 0 Å². The third kappa shape index (κ3) is 3.41. The van der Waals surface area contributed by atoms with Gasteiger partial charge in [0.25, 0.3) is 11.6 Å². The van der Waals surface area contributed by atoms with Crippen LogP contribution in [0.2, 0.25) is 0 Å². The molecule has 142 valence electrons. The summed E-state index contributed by atoms with van der Waals surface area (Å²) in [5.74, 6) is -0.188. The summed E-state index contributed by atoms with van der Waals surface area (Å²) in [5, 5.41) is 8.62. The maximum absolute atomic E-state index is 12.7. The van der Waals surface area contributed by atoms with Crippen molar-refractivity contribution in [1.29, 1.82) is 0 Å². The minimum atomic E-state index is -0.188. The van der Waals surface area contributed by atoms with Gasteiger partial charge in [0, 0.05) is 11.8 Å². The van der Waals surface area contributed by atoms with E-state index in [1.807, 2.05) is 20.8 Å². The molecule has 0 spiro atoms. The first-order valence-electron chi connectivity index (χ1n) is 8.99. The third-order valence-corrected chi connectivity index (χ3v) is 6.03. The van der Waals surface area contributed by atoms with E-state index in [2.05, 4.69) is 46.6 Å². The summed E-state index contributed by atoms with van der Waals surface area (Å²) in [7, 11) is 0. The van der Waals surface area contributed by atoms with E-state index < -0.39 is 0 Å². The molecule has 0 bridgehead atoms. The van der Waals surface area contributed by atoms with Gasteiger partial charge in [-0.25, -0.2) is 9.97 Å². The summed E-state index contributed by atoms with van der Waals surface area (Å²) < 4.78 is 5.10. The quantitative estimate of drug-likeness (QED) is 0.541. The topological polar surface area (TPSA) is 80.9 Å². The lowest BCUT2D eigenvalue weighted by Crippen LogP contribution is -2.26. The Hall–Kier alpha value is -3.06.